The van der Waals surface area contributed by atoms with Crippen molar-refractivity contribution in [1.29, 1.82) is 0 Å². The van der Waals surface area contributed by atoms with Crippen LogP contribution in [0.5, 0.6) is 0 Å². The summed E-state index contributed by atoms with van der Waals surface area (Å²) in [7, 11) is 0. The van der Waals surface area contributed by atoms with Gasteiger partial charge >= 0.3 is 0 Å². The minimum absolute atomic E-state index is 0.124. The van der Waals surface area contributed by atoms with Crippen LogP contribution >= 0.6 is 11.3 Å². The Morgan fingerprint density at radius 3 is 3.17 bits per heavy atom. The first-order chi connectivity index (χ1) is 11.7. The molecule has 3 aromatic heterocycles. The van der Waals surface area contributed by atoms with Crippen LogP contribution < -0.4 is 5.32 Å². The zero-order chi connectivity index (χ0) is 16.5. The Hall–Kier alpha value is -2.25. The van der Waals surface area contributed by atoms with E-state index >= 15 is 0 Å². The first-order valence-corrected chi connectivity index (χ1v) is 8.90. The van der Waals surface area contributed by atoms with E-state index in [0.717, 1.165) is 35.7 Å². The average Bonchev–Trinajstić information content (AvgIpc) is 3.31. The Bertz CT molecular complexity index is 866. The van der Waals surface area contributed by atoms with E-state index in [1.54, 1.807) is 21.9 Å². The molecule has 7 heteroatoms. The number of carbonyl (C=O) groups is 1. The van der Waals surface area contributed by atoms with Crippen molar-refractivity contribution in [2.75, 3.05) is 13.2 Å². The van der Waals surface area contributed by atoms with Gasteiger partial charge in [0.1, 0.15) is 11.4 Å². The standard InChI is InChI=1S/C17H18N4O2S/c1-11-8-14(17(22)18-10-12-4-2-6-23-12)19-16-9-13(20-21(11)16)15-5-3-7-24-15/h3,5,7-9,12H,2,4,6,10H2,1H3,(H,18,22). The van der Waals surface area contributed by atoms with Crippen molar-refractivity contribution in [1.82, 2.24) is 19.9 Å². The zero-order valence-electron chi connectivity index (χ0n) is 13.4. The fraction of sp³-hybridized carbons (Fsp3) is 0.353. The minimum Gasteiger partial charge on any atom is -0.376 e. The van der Waals surface area contributed by atoms with E-state index in [1.807, 2.05) is 30.5 Å². The molecule has 0 saturated carbocycles. The quantitative estimate of drug-likeness (QED) is 0.791. The molecular weight excluding hydrogens is 324 g/mol. The maximum Gasteiger partial charge on any atom is 0.270 e. The molecule has 0 spiro atoms. The molecule has 1 atom stereocenters. The van der Waals surface area contributed by atoms with Gasteiger partial charge in [-0.15, -0.1) is 11.3 Å². The largest absolute Gasteiger partial charge is 0.376 e. The summed E-state index contributed by atoms with van der Waals surface area (Å²) in [4.78, 5) is 17.9. The van der Waals surface area contributed by atoms with Crippen molar-refractivity contribution >= 4 is 22.9 Å². The highest BCUT2D eigenvalue weighted by molar-refractivity contribution is 7.13. The first kappa shape index (κ1) is 15.3. The van der Waals surface area contributed by atoms with Crippen molar-refractivity contribution in [3.8, 4) is 10.6 Å². The number of ether oxygens (including phenoxy) is 1. The molecule has 1 fully saturated rings. The van der Waals surface area contributed by atoms with Gasteiger partial charge in [-0.1, -0.05) is 6.07 Å². The molecule has 24 heavy (non-hydrogen) atoms. The van der Waals surface area contributed by atoms with E-state index in [1.165, 1.54) is 0 Å². The summed E-state index contributed by atoms with van der Waals surface area (Å²) in [6, 6.07) is 7.70. The second-order valence-electron chi connectivity index (χ2n) is 5.90. The summed E-state index contributed by atoms with van der Waals surface area (Å²) in [6.45, 7) is 3.24. The number of amides is 1. The van der Waals surface area contributed by atoms with Crippen molar-refractivity contribution in [3.63, 3.8) is 0 Å². The van der Waals surface area contributed by atoms with E-state index in [9.17, 15) is 4.79 Å². The van der Waals surface area contributed by atoms with Crippen molar-refractivity contribution in [3.05, 3.63) is 41.0 Å². The number of nitrogens with one attached hydrogen (secondary N) is 1. The molecule has 4 heterocycles. The maximum absolute atomic E-state index is 12.4. The number of fused-ring (bicyclic) bond motifs is 1. The second kappa shape index (κ2) is 6.33. The highest BCUT2D eigenvalue weighted by Gasteiger charge is 2.18. The lowest BCUT2D eigenvalue weighted by Crippen LogP contribution is -2.32. The summed E-state index contributed by atoms with van der Waals surface area (Å²) < 4.78 is 7.30. The molecular formula is C17H18N4O2S. The molecule has 3 aromatic rings. The monoisotopic (exact) mass is 342 g/mol. The summed E-state index contributed by atoms with van der Waals surface area (Å²) in [6.07, 6.45) is 2.18. The third-order valence-electron chi connectivity index (χ3n) is 4.13. The highest BCUT2D eigenvalue weighted by atomic mass is 32.1. The van der Waals surface area contributed by atoms with Gasteiger partial charge in [0.25, 0.3) is 5.91 Å². The molecule has 0 aliphatic carbocycles. The molecule has 1 aliphatic rings. The van der Waals surface area contributed by atoms with Gasteiger partial charge in [-0.3, -0.25) is 4.79 Å². The maximum atomic E-state index is 12.4. The van der Waals surface area contributed by atoms with Gasteiger partial charge < -0.3 is 10.1 Å². The second-order valence-corrected chi connectivity index (χ2v) is 6.85. The van der Waals surface area contributed by atoms with Crippen LogP contribution in [0.3, 0.4) is 0 Å². The number of hydrogen-bond acceptors (Lipinski definition) is 5. The summed E-state index contributed by atoms with van der Waals surface area (Å²) >= 11 is 1.63. The van der Waals surface area contributed by atoms with Crippen LogP contribution in [0, 0.1) is 6.92 Å². The topological polar surface area (TPSA) is 68.5 Å². The Balaban J connectivity index is 1.58. The van der Waals surface area contributed by atoms with Crippen LogP contribution in [-0.2, 0) is 4.74 Å². The molecule has 0 bridgehead atoms. The third-order valence-corrected chi connectivity index (χ3v) is 5.02. The predicted molar refractivity (Wildman–Crippen MR) is 92.3 cm³/mol. The lowest BCUT2D eigenvalue weighted by atomic mass is 10.2. The zero-order valence-corrected chi connectivity index (χ0v) is 14.2. The molecule has 1 saturated heterocycles. The van der Waals surface area contributed by atoms with Crippen molar-refractivity contribution in [2.24, 2.45) is 0 Å². The van der Waals surface area contributed by atoms with E-state index in [0.29, 0.717) is 17.9 Å². The van der Waals surface area contributed by atoms with Crippen molar-refractivity contribution < 1.29 is 9.53 Å². The van der Waals surface area contributed by atoms with Crippen LogP contribution in [0.25, 0.3) is 16.2 Å². The number of aryl methyl sites for hydroxylation is 1. The van der Waals surface area contributed by atoms with Crippen LogP contribution in [0.15, 0.2) is 29.6 Å². The lowest BCUT2D eigenvalue weighted by Gasteiger charge is -2.10. The highest BCUT2D eigenvalue weighted by Crippen LogP contribution is 2.24. The molecule has 124 valence electrons. The Labute approximate surface area is 143 Å². The number of nitrogens with zero attached hydrogens (tertiary/aromatic N) is 3. The summed E-state index contributed by atoms with van der Waals surface area (Å²) in [5, 5.41) is 9.51. The smallest absolute Gasteiger partial charge is 0.270 e. The molecule has 6 nitrogen and oxygen atoms in total. The number of thiophene rings is 1. The number of aromatic nitrogens is 3. The first-order valence-electron chi connectivity index (χ1n) is 8.02. The van der Waals surface area contributed by atoms with Crippen LogP contribution in [-0.4, -0.2) is 39.8 Å². The fourth-order valence-electron chi connectivity index (χ4n) is 2.89. The number of carbonyl (C=O) groups excluding carboxylic acids is 1. The van der Waals surface area contributed by atoms with Gasteiger partial charge in [-0.25, -0.2) is 9.50 Å². The third kappa shape index (κ3) is 2.92. The summed E-state index contributed by atoms with van der Waals surface area (Å²) in [5.74, 6) is -0.171. The van der Waals surface area contributed by atoms with Crippen LogP contribution in [0.1, 0.15) is 29.0 Å². The van der Waals surface area contributed by atoms with E-state index < -0.39 is 0 Å². The molecule has 1 amide bonds. The predicted octanol–water partition coefficient (Wildman–Crippen LogP) is 2.68. The Morgan fingerprint density at radius 2 is 2.42 bits per heavy atom. The SMILES string of the molecule is Cc1cc(C(=O)NCC2CCCO2)nc2cc(-c3cccs3)nn12. The molecule has 1 unspecified atom stereocenters. The average molecular weight is 342 g/mol. The molecule has 4 rings (SSSR count). The van der Waals surface area contributed by atoms with E-state index in [4.69, 9.17) is 4.74 Å². The number of rotatable bonds is 4. The van der Waals surface area contributed by atoms with Gasteiger partial charge in [0, 0.05) is 24.9 Å². The molecule has 0 aromatic carbocycles. The Morgan fingerprint density at radius 1 is 1.50 bits per heavy atom. The van der Waals surface area contributed by atoms with Gasteiger partial charge in [0.05, 0.1) is 11.0 Å². The molecule has 0 radical (unpaired) electrons. The lowest BCUT2D eigenvalue weighted by molar-refractivity contribution is 0.0853. The normalized spacial score (nSPS) is 17.5. The van der Waals surface area contributed by atoms with Gasteiger partial charge in [0.2, 0.25) is 0 Å². The van der Waals surface area contributed by atoms with Crippen LogP contribution in [0.2, 0.25) is 0 Å². The van der Waals surface area contributed by atoms with E-state index in [2.05, 4.69) is 15.4 Å². The van der Waals surface area contributed by atoms with E-state index in [-0.39, 0.29) is 12.0 Å². The Kier molecular flexibility index (Phi) is 4.03. The van der Waals surface area contributed by atoms with Crippen molar-refractivity contribution in [2.45, 2.75) is 25.9 Å². The number of hydrogen-bond donors (Lipinski definition) is 1. The van der Waals surface area contributed by atoms with Gasteiger partial charge in [0.15, 0.2) is 5.65 Å². The molecule has 1 N–H and O–H groups in total. The fourth-order valence-corrected chi connectivity index (χ4v) is 3.57. The van der Waals surface area contributed by atoms with Crippen LogP contribution in [0.4, 0.5) is 0 Å². The summed E-state index contributed by atoms with van der Waals surface area (Å²) in [5.41, 5.74) is 2.85. The minimum atomic E-state index is -0.171. The van der Waals surface area contributed by atoms with Gasteiger partial charge in [-0.2, -0.15) is 5.10 Å². The molecule has 1 aliphatic heterocycles. The van der Waals surface area contributed by atoms with Gasteiger partial charge in [-0.05, 0) is 37.3 Å².